The molecule has 0 unspecified atom stereocenters. The van der Waals surface area contributed by atoms with Crippen LogP contribution in [0.4, 0.5) is 5.82 Å². The molecule has 3 aliphatic rings. The Morgan fingerprint density at radius 2 is 2.04 bits per heavy atom. The number of nitrogens with one attached hydrogen (secondary N) is 1. The molecule has 122 valence electrons. The minimum atomic E-state index is 0.963. The lowest BCUT2D eigenvalue weighted by atomic mass is 10.1. The highest BCUT2D eigenvalue weighted by Crippen LogP contribution is 2.35. The molecular weight excluding hydrogens is 286 g/mol. The van der Waals surface area contributed by atoms with E-state index in [0.717, 1.165) is 57.0 Å². The molecule has 0 radical (unpaired) electrons. The van der Waals surface area contributed by atoms with Crippen molar-refractivity contribution in [3.63, 3.8) is 0 Å². The minimum absolute atomic E-state index is 0.963. The van der Waals surface area contributed by atoms with Crippen LogP contribution in [0, 0.1) is 5.92 Å². The van der Waals surface area contributed by atoms with Crippen molar-refractivity contribution in [1.29, 1.82) is 0 Å². The van der Waals surface area contributed by atoms with Crippen LogP contribution in [0.1, 0.15) is 42.5 Å². The maximum Gasteiger partial charge on any atom is 0.160 e. The number of fused-ring (bicyclic) bond motifs is 2. The van der Waals surface area contributed by atoms with Crippen molar-refractivity contribution in [2.24, 2.45) is 5.92 Å². The molecule has 4 heterocycles. The Hall–Kier alpha value is -1.62. The van der Waals surface area contributed by atoms with Crippen molar-refractivity contribution in [3.8, 4) is 0 Å². The summed E-state index contributed by atoms with van der Waals surface area (Å²) in [5.41, 5.74) is 5.20. The highest BCUT2D eigenvalue weighted by Gasteiger charge is 2.27. The normalized spacial score (nSPS) is 21.1. The van der Waals surface area contributed by atoms with E-state index >= 15 is 0 Å². The first-order valence-corrected chi connectivity index (χ1v) is 9.24. The number of anilines is 1. The van der Waals surface area contributed by atoms with Crippen LogP contribution in [0.2, 0.25) is 0 Å². The van der Waals surface area contributed by atoms with Gasteiger partial charge in [-0.2, -0.15) is 9.61 Å². The predicted octanol–water partition coefficient (Wildman–Crippen LogP) is 1.97. The second kappa shape index (κ2) is 5.48. The zero-order chi connectivity index (χ0) is 15.2. The Bertz CT molecular complexity index is 727. The van der Waals surface area contributed by atoms with E-state index < -0.39 is 0 Å². The maximum atomic E-state index is 5.07. The van der Waals surface area contributed by atoms with E-state index in [1.54, 1.807) is 0 Å². The van der Waals surface area contributed by atoms with Gasteiger partial charge in [-0.15, -0.1) is 0 Å². The fourth-order valence-electron chi connectivity index (χ4n) is 3.91. The molecule has 0 atom stereocenters. The first-order chi connectivity index (χ1) is 11.4. The van der Waals surface area contributed by atoms with E-state index in [4.69, 9.17) is 10.1 Å². The topological polar surface area (TPSA) is 45.5 Å². The van der Waals surface area contributed by atoms with Gasteiger partial charge in [-0.3, -0.25) is 0 Å². The fraction of sp³-hybridized carbons (Fsp3) is 0.667. The average Bonchev–Trinajstić information content (AvgIpc) is 3.28. The van der Waals surface area contributed by atoms with Crippen LogP contribution in [0.5, 0.6) is 0 Å². The number of nitrogens with zero attached hydrogens (tertiary/aromatic N) is 4. The van der Waals surface area contributed by atoms with Crippen LogP contribution < -0.4 is 10.2 Å². The number of hydrogen-bond donors (Lipinski definition) is 1. The minimum Gasteiger partial charge on any atom is -0.356 e. The van der Waals surface area contributed by atoms with Crippen molar-refractivity contribution >= 4 is 11.5 Å². The SMILES string of the molecule is c1nn2c(N3CCC3)c3c(nc2c1CCC1CC1)CCNCC3. The molecular formula is C18H25N5. The summed E-state index contributed by atoms with van der Waals surface area (Å²) in [4.78, 5) is 7.57. The lowest BCUT2D eigenvalue weighted by Gasteiger charge is -2.35. The van der Waals surface area contributed by atoms with E-state index in [-0.39, 0.29) is 0 Å². The average molecular weight is 311 g/mol. The predicted molar refractivity (Wildman–Crippen MR) is 91.1 cm³/mol. The Labute approximate surface area is 137 Å². The second-order valence-electron chi connectivity index (χ2n) is 7.34. The van der Waals surface area contributed by atoms with Crippen molar-refractivity contribution in [1.82, 2.24) is 19.9 Å². The van der Waals surface area contributed by atoms with Gasteiger partial charge in [-0.1, -0.05) is 12.8 Å². The first kappa shape index (κ1) is 13.8. The third-order valence-corrected chi connectivity index (χ3v) is 5.64. The van der Waals surface area contributed by atoms with E-state index in [1.165, 1.54) is 48.3 Å². The third-order valence-electron chi connectivity index (χ3n) is 5.64. The van der Waals surface area contributed by atoms with E-state index in [0.29, 0.717) is 0 Å². The van der Waals surface area contributed by atoms with Crippen molar-refractivity contribution in [3.05, 3.63) is 23.0 Å². The number of rotatable bonds is 4. The van der Waals surface area contributed by atoms with Crippen LogP contribution in [-0.4, -0.2) is 40.8 Å². The summed E-state index contributed by atoms with van der Waals surface area (Å²) in [5.74, 6) is 2.29. The molecule has 23 heavy (non-hydrogen) atoms. The zero-order valence-electron chi connectivity index (χ0n) is 13.7. The molecule has 2 aliphatic heterocycles. The highest BCUT2D eigenvalue weighted by molar-refractivity contribution is 5.61. The summed E-state index contributed by atoms with van der Waals surface area (Å²) in [7, 11) is 0. The molecule has 0 spiro atoms. The Morgan fingerprint density at radius 3 is 2.83 bits per heavy atom. The van der Waals surface area contributed by atoms with E-state index in [9.17, 15) is 0 Å². The monoisotopic (exact) mass is 311 g/mol. The van der Waals surface area contributed by atoms with Crippen molar-refractivity contribution < 1.29 is 0 Å². The molecule has 0 bridgehead atoms. The quantitative estimate of drug-likeness (QED) is 0.938. The van der Waals surface area contributed by atoms with Gasteiger partial charge in [0.05, 0.1) is 11.9 Å². The van der Waals surface area contributed by atoms with Gasteiger partial charge in [0, 0.05) is 37.2 Å². The smallest absolute Gasteiger partial charge is 0.160 e. The summed E-state index contributed by atoms with van der Waals surface area (Å²) in [5, 5.41) is 8.27. The number of aromatic nitrogens is 3. The largest absolute Gasteiger partial charge is 0.356 e. The van der Waals surface area contributed by atoms with Crippen LogP contribution in [0.25, 0.3) is 5.65 Å². The number of hydrogen-bond acceptors (Lipinski definition) is 4. The summed E-state index contributed by atoms with van der Waals surface area (Å²) in [6.07, 6.45) is 10.8. The molecule has 2 aromatic heterocycles. The maximum absolute atomic E-state index is 5.07. The molecule has 5 nitrogen and oxygen atoms in total. The molecule has 0 amide bonds. The molecule has 5 heteroatoms. The van der Waals surface area contributed by atoms with Gasteiger partial charge in [-0.25, -0.2) is 4.98 Å². The van der Waals surface area contributed by atoms with Gasteiger partial charge in [0.1, 0.15) is 5.82 Å². The van der Waals surface area contributed by atoms with Gasteiger partial charge in [0.15, 0.2) is 5.65 Å². The first-order valence-electron chi connectivity index (χ1n) is 9.24. The molecule has 1 saturated carbocycles. The summed E-state index contributed by atoms with van der Waals surface area (Å²) in [6, 6.07) is 0. The van der Waals surface area contributed by atoms with Crippen LogP contribution in [-0.2, 0) is 19.3 Å². The van der Waals surface area contributed by atoms with Crippen LogP contribution in [0.15, 0.2) is 6.20 Å². The summed E-state index contributed by atoms with van der Waals surface area (Å²) >= 11 is 0. The molecule has 1 N–H and O–H groups in total. The van der Waals surface area contributed by atoms with E-state index in [1.807, 2.05) is 0 Å². The fourth-order valence-corrected chi connectivity index (χ4v) is 3.91. The van der Waals surface area contributed by atoms with Gasteiger partial charge in [0.2, 0.25) is 0 Å². The Kier molecular flexibility index (Phi) is 3.28. The Balaban J connectivity index is 1.61. The van der Waals surface area contributed by atoms with E-state index in [2.05, 4.69) is 20.9 Å². The van der Waals surface area contributed by atoms with Gasteiger partial charge < -0.3 is 10.2 Å². The molecule has 0 aromatic carbocycles. The van der Waals surface area contributed by atoms with Crippen molar-refractivity contribution in [2.45, 2.75) is 44.9 Å². The standard InChI is InChI=1S/C18H25N5/c1-10-22(11-1)18-15-6-8-19-9-7-16(15)21-17-14(12-20-23(17)18)5-4-13-2-3-13/h12-13,19H,1-11H2. The molecule has 2 fully saturated rings. The van der Waals surface area contributed by atoms with Crippen LogP contribution in [0.3, 0.4) is 0 Å². The molecule has 1 saturated heterocycles. The zero-order valence-corrected chi connectivity index (χ0v) is 13.7. The van der Waals surface area contributed by atoms with Crippen LogP contribution >= 0.6 is 0 Å². The lowest BCUT2D eigenvalue weighted by molar-refractivity contribution is 0.594. The van der Waals surface area contributed by atoms with Gasteiger partial charge >= 0.3 is 0 Å². The third kappa shape index (κ3) is 2.42. The summed E-state index contributed by atoms with van der Waals surface area (Å²) < 4.78 is 2.14. The highest BCUT2D eigenvalue weighted by atomic mass is 15.4. The molecule has 2 aromatic rings. The summed E-state index contributed by atoms with van der Waals surface area (Å²) in [6.45, 7) is 4.42. The second-order valence-corrected chi connectivity index (χ2v) is 7.34. The van der Waals surface area contributed by atoms with Gasteiger partial charge in [-0.05, 0) is 38.1 Å². The number of aryl methyl sites for hydroxylation is 1. The van der Waals surface area contributed by atoms with Crippen molar-refractivity contribution in [2.75, 3.05) is 31.1 Å². The molecule has 1 aliphatic carbocycles. The molecule has 5 rings (SSSR count). The Morgan fingerprint density at radius 1 is 1.17 bits per heavy atom. The van der Waals surface area contributed by atoms with Gasteiger partial charge in [0.25, 0.3) is 0 Å². The lowest BCUT2D eigenvalue weighted by Crippen LogP contribution is -2.39.